The zero-order valence-electron chi connectivity index (χ0n) is 22.3. The maximum atomic E-state index is 4.89. The Bertz CT molecular complexity index is 1400. The summed E-state index contributed by atoms with van der Waals surface area (Å²) < 4.78 is 0. The molecule has 38 heavy (non-hydrogen) atoms. The minimum atomic E-state index is -0.556. The Morgan fingerprint density at radius 2 is 0.816 bits per heavy atom. The van der Waals surface area contributed by atoms with Gasteiger partial charge in [0.2, 0.25) is 0 Å². The van der Waals surface area contributed by atoms with Crippen molar-refractivity contribution in [2.45, 2.75) is 26.9 Å². The van der Waals surface area contributed by atoms with Crippen LogP contribution in [0.3, 0.4) is 0 Å². The van der Waals surface area contributed by atoms with Crippen LogP contribution < -0.4 is 0 Å². The molecule has 0 heterocycles. The molecule has 0 bridgehead atoms. The number of rotatable bonds is 2. The quantitative estimate of drug-likeness (QED) is 0.140. The molecule has 2 radical (unpaired) electrons. The van der Waals surface area contributed by atoms with Crippen LogP contribution in [0.4, 0.5) is 0 Å². The van der Waals surface area contributed by atoms with Gasteiger partial charge < -0.3 is 0 Å². The van der Waals surface area contributed by atoms with E-state index in [1.807, 2.05) is 0 Å². The molecule has 0 saturated heterocycles. The number of benzene rings is 4. The number of aryl methyl sites for hydroxylation is 2. The summed E-state index contributed by atoms with van der Waals surface area (Å²) in [6, 6.07) is 42.9. The summed E-state index contributed by atoms with van der Waals surface area (Å²) in [5, 5.41) is 5.37. The molecule has 4 heteroatoms. The van der Waals surface area contributed by atoms with Crippen LogP contribution in [0.2, 0.25) is 13.1 Å². The van der Waals surface area contributed by atoms with Gasteiger partial charge in [0.05, 0.1) is 0 Å². The fraction of sp³-hybridized carbons (Fsp3) is 0.118. The van der Waals surface area contributed by atoms with Gasteiger partial charge >= 0.3 is 35.6 Å². The van der Waals surface area contributed by atoms with Gasteiger partial charge in [0, 0.05) is 9.52 Å². The average Bonchev–Trinajstić information content (AvgIpc) is 3.46. The number of halogens is 2. The van der Waals surface area contributed by atoms with E-state index in [-0.39, 0.29) is 0 Å². The first kappa shape index (κ1) is 30.2. The Kier molecular flexibility index (Phi) is 12.6. The average molecular weight is 587 g/mol. The molecular formula is C34H32Cl2SiTi-2. The first-order chi connectivity index (χ1) is 18.5. The van der Waals surface area contributed by atoms with E-state index in [9.17, 15) is 0 Å². The first-order valence-corrected chi connectivity index (χ1v) is 18.8. The van der Waals surface area contributed by atoms with Gasteiger partial charge in [-0.1, -0.05) is 132 Å². The summed E-state index contributed by atoms with van der Waals surface area (Å²) in [6.07, 6.45) is 0. The van der Waals surface area contributed by atoms with Crippen molar-refractivity contribution >= 4 is 49.7 Å². The Morgan fingerprint density at radius 1 is 0.526 bits per heavy atom. The molecule has 0 N–H and O–H groups in total. The zero-order valence-corrected chi connectivity index (χ0v) is 26.4. The van der Waals surface area contributed by atoms with Crippen molar-refractivity contribution in [3.05, 3.63) is 132 Å². The Labute approximate surface area is 246 Å². The van der Waals surface area contributed by atoms with Crippen molar-refractivity contribution in [1.29, 1.82) is 0 Å². The van der Waals surface area contributed by atoms with Crippen LogP contribution in [0, 0.1) is 13.8 Å². The van der Waals surface area contributed by atoms with Crippen molar-refractivity contribution in [2.24, 2.45) is 0 Å². The van der Waals surface area contributed by atoms with Gasteiger partial charge in [0.25, 0.3) is 0 Å². The van der Waals surface area contributed by atoms with Crippen LogP contribution in [-0.2, 0) is 17.0 Å². The van der Waals surface area contributed by atoms with Gasteiger partial charge in [-0.3, -0.25) is 0 Å². The normalized spacial score (nSPS) is 9.95. The summed E-state index contributed by atoms with van der Waals surface area (Å²) in [5.74, 6) is 0. The SMILES string of the molecule is C[Si]C.Cc1cc2ccccc2[c-]1-c1ccccc1.Cc1cc2ccccc2[c-]1-c1ccccc1.[Cl][Ti][Cl]. The molecule has 0 aliphatic carbocycles. The third-order valence-corrected chi connectivity index (χ3v) is 6.12. The molecular weight excluding hydrogens is 555 g/mol. The molecule has 0 unspecified atom stereocenters. The van der Waals surface area contributed by atoms with E-state index in [1.165, 1.54) is 54.9 Å². The molecule has 0 fully saturated rings. The number of hydrogen-bond acceptors (Lipinski definition) is 0. The number of hydrogen-bond donors (Lipinski definition) is 0. The van der Waals surface area contributed by atoms with E-state index in [1.54, 1.807) is 0 Å². The molecule has 0 saturated carbocycles. The van der Waals surface area contributed by atoms with Crippen molar-refractivity contribution in [3.63, 3.8) is 0 Å². The first-order valence-electron chi connectivity index (χ1n) is 12.5. The predicted molar refractivity (Wildman–Crippen MR) is 169 cm³/mol. The van der Waals surface area contributed by atoms with Gasteiger partial charge in [0.1, 0.15) is 0 Å². The van der Waals surface area contributed by atoms with Crippen LogP contribution in [-0.4, -0.2) is 9.52 Å². The molecule has 0 nitrogen and oxygen atoms in total. The van der Waals surface area contributed by atoms with Crippen LogP contribution in [0.25, 0.3) is 43.8 Å². The molecule has 6 aromatic rings. The van der Waals surface area contributed by atoms with Crippen LogP contribution in [0.15, 0.2) is 121 Å². The zero-order chi connectivity index (χ0) is 27.3. The van der Waals surface area contributed by atoms with Crippen LogP contribution in [0.5, 0.6) is 0 Å². The second-order valence-electron chi connectivity index (χ2n) is 8.88. The van der Waals surface area contributed by atoms with Gasteiger partial charge in [0.15, 0.2) is 0 Å². The summed E-state index contributed by atoms with van der Waals surface area (Å²) in [7, 11) is 10.9. The molecule has 0 aromatic heterocycles. The monoisotopic (exact) mass is 586 g/mol. The predicted octanol–water partition coefficient (Wildman–Crippen LogP) is 11.2. The number of fused-ring (bicyclic) bond motifs is 2. The third-order valence-electron chi connectivity index (χ3n) is 6.12. The van der Waals surface area contributed by atoms with E-state index in [0.717, 1.165) is 9.52 Å². The van der Waals surface area contributed by atoms with Crippen molar-refractivity contribution in [2.75, 3.05) is 0 Å². The van der Waals surface area contributed by atoms with E-state index in [0.29, 0.717) is 0 Å². The summed E-state index contributed by atoms with van der Waals surface area (Å²) in [4.78, 5) is 0. The standard InChI is InChI=1S/2C16H13.C2H6Si.2ClH.Ti/c2*1-12-11-14-9-5-6-10-15(14)16(12)13-7-3-2-4-8-13;1-3-2;;;/h2*2-11H,1H3;1-2H3;2*1H;/q2*-1;;;;+2/p-2. The second kappa shape index (κ2) is 15.9. The van der Waals surface area contributed by atoms with E-state index >= 15 is 0 Å². The van der Waals surface area contributed by atoms with Gasteiger partial charge in [-0.25, -0.2) is 0 Å². The van der Waals surface area contributed by atoms with Crippen molar-refractivity contribution in [1.82, 2.24) is 0 Å². The Balaban J connectivity index is 0.000000175. The molecule has 0 spiro atoms. The maximum absolute atomic E-state index is 4.89. The summed E-state index contributed by atoms with van der Waals surface area (Å²) in [6.45, 7) is 8.67. The summed E-state index contributed by atoms with van der Waals surface area (Å²) in [5.41, 5.74) is 8.06. The molecule has 0 atom stereocenters. The molecule has 0 amide bonds. The summed E-state index contributed by atoms with van der Waals surface area (Å²) >= 11 is -0.556. The molecule has 6 aromatic carbocycles. The van der Waals surface area contributed by atoms with Gasteiger partial charge in [-0.15, -0.1) is 70.8 Å². The van der Waals surface area contributed by atoms with E-state index in [2.05, 4.69) is 148 Å². The Morgan fingerprint density at radius 3 is 1.16 bits per heavy atom. The molecule has 6 rings (SSSR count). The topological polar surface area (TPSA) is 0 Å². The van der Waals surface area contributed by atoms with Gasteiger partial charge in [-0.2, -0.15) is 0 Å². The van der Waals surface area contributed by atoms with Crippen LogP contribution in [0.1, 0.15) is 11.1 Å². The molecule has 192 valence electrons. The third kappa shape index (κ3) is 7.82. The molecule has 0 aliphatic rings. The van der Waals surface area contributed by atoms with Crippen LogP contribution >= 0.6 is 18.6 Å². The fourth-order valence-electron chi connectivity index (χ4n) is 4.71. The minimum absolute atomic E-state index is 0.556. The van der Waals surface area contributed by atoms with Gasteiger partial charge in [-0.05, 0) is 0 Å². The molecule has 0 aliphatic heterocycles. The Hall–Kier alpha value is -2.39. The van der Waals surface area contributed by atoms with E-state index < -0.39 is 17.0 Å². The second-order valence-corrected chi connectivity index (χ2v) is 12.5. The van der Waals surface area contributed by atoms with Crippen molar-refractivity contribution < 1.29 is 17.0 Å². The fourth-order valence-corrected chi connectivity index (χ4v) is 4.71. The van der Waals surface area contributed by atoms with Crippen molar-refractivity contribution in [3.8, 4) is 22.3 Å². The van der Waals surface area contributed by atoms with E-state index in [4.69, 9.17) is 18.6 Å².